The maximum Gasteiger partial charge on any atom is -0.00921 e. The summed E-state index contributed by atoms with van der Waals surface area (Å²) in [6.45, 7) is 0. The molecule has 0 amide bonds. The van der Waals surface area contributed by atoms with Crippen molar-refractivity contribution in [1.82, 2.24) is 0 Å². The molecule has 0 heteroatoms. The average Bonchev–Trinajstić information content (AvgIpc) is 3.13. The van der Waals surface area contributed by atoms with Gasteiger partial charge in [0, 0.05) is 0 Å². The van der Waals surface area contributed by atoms with Gasteiger partial charge in [-0.2, -0.15) is 0 Å². The van der Waals surface area contributed by atoms with Gasteiger partial charge in [0.05, 0.1) is 0 Å². The van der Waals surface area contributed by atoms with Crippen LogP contribution in [0.15, 0.2) is 170 Å². The summed E-state index contributed by atoms with van der Waals surface area (Å²) in [6, 6.07) is 62.5. The van der Waals surface area contributed by atoms with Gasteiger partial charge in [-0.25, -0.2) is 0 Å². The molecule has 0 nitrogen and oxygen atoms in total. The Morgan fingerprint density at radius 1 is 0.196 bits per heavy atom. The van der Waals surface area contributed by atoms with Crippen molar-refractivity contribution in [3.8, 4) is 44.5 Å². The van der Waals surface area contributed by atoms with Gasteiger partial charge in [0.2, 0.25) is 0 Å². The van der Waals surface area contributed by atoms with E-state index in [-0.39, 0.29) is 0 Å². The van der Waals surface area contributed by atoms with Crippen molar-refractivity contribution in [3.63, 3.8) is 0 Å². The van der Waals surface area contributed by atoms with Gasteiger partial charge < -0.3 is 0 Å². The zero-order valence-corrected chi connectivity index (χ0v) is 25.2. The number of rotatable bonds is 4. The largest absolute Gasteiger partial charge is 0.0622 e. The fourth-order valence-corrected chi connectivity index (χ4v) is 7.63. The second-order valence-electron chi connectivity index (χ2n) is 12.5. The van der Waals surface area contributed by atoms with E-state index < -0.39 is 0 Å². The van der Waals surface area contributed by atoms with E-state index in [2.05, 4.69) is 170 Å². The molecule has 0 heterocycles. The molecule has 0 aliphatic heterocycles. The number of benzene rings is 8. The zero-order chi connectivity index (χ0) is 30.2. The van der Waals surface area contributed by atoms with Gasteiger partial charge in [0.25, 0.3) is 0 Å². The molecule has 10 rings (SSSR count). The Hall–Kier alpha value is -5.98. The van der Waals surface area contributed by atoms with Crippen molar-refractivity contribution in [1.29, 1.82) is 0 Å². The summed E-state index contributed by atoms with van der Waals surface area (Å²) >= 11 is 0. The molecule has 0 radical (unpaired) electrons. The predicted molar refractivity (Wildman–Crippen MR) is 198 cm³/mol. The van der Waals surface area contributed by atoms with Crippen LogP contribution in [0, 0.1) is 0 Å². The van der Waals surface area contributed by atoms with Gasteiger partial charge in [-0.15, -0.1) is 0 Å². The summed E-state index contributed by atoms with van der Waals surface area (Å²) in [6.07, 6.45) is 0. The molecule has 0 unspecified atom stereocenters. The monoisotopic (exact) mass is 580 g/mol. The molecule has 0 aliphatic rings. The van der Waals surface area contributed by atoms with Crippen molar-refractivity contribution in [2.45, 2.75) is 0 Å². The topological polar surface area (TPSA) is 0 Å². The molecule has 0 aliphatic carbocycles. The van der Waals surface area contributed by atoms with E-state index in [9.17, 15) is 0 Å². The molecule has 0 atom stereocenters. The number of fused-ring (bicyclic) bond motifs is 9. The molecule has 0 spiro atoms. The van der Waals surface area contributed by atoms with Crippen LogP contribution in [-0.4, -0.2) is 0 Å². The Morgan fingerprint density at radius 2 is 0.391 bits per heavy atom. The van der Waals surface area contributed by atoms with Crippen molar-refractivity contribution in [2.75, 3.05) is 0 Å². The van der Waals surface area contributed by atoms with Gasteiger partial charge in [-0.05, 0) is 147 Å². The lowest BCUT2D eigenvalue weighted by atomic mass is 9.83. The van der Waals surface area contributed by atoms with Crippen molar-refractivity contribution >= 4 is 53.9 Å². The summed E-state index contributed by atoms with van der Waals surface area (Å²) in [5.41, 5.74) is 10.1. The van der Waals surface area contributed by atoms with E-state index in [4.69, 9.17) is 0 Å². The highest BCUT2D eigenvalue weighted by Crippen LogP contribution is 2.47. The molecule has 0 bridgehead atoms. The molecule has 212 valence electrons. The first-order valence-corrected chi connectivity index (χ1v) is 16.0. The normalized spacial score (nSPS) is 11.9. The summed E-state index contributed by atoms with van der Waals surface area (Å²) in [5.74, 6) is 0. The second-order valence-corrected chi connectivity index (χ2v) is 12.5. The number of hydrogen-bond acceptors (Lipinski definition) is 0. The van der Waals surface area contributed by atoms with E-state index >= 15 is 0 Å². The van der Waals surface area contributed by atoms with Crippen LogP contribution >= 0.6 is 0 Å². The van der Waals surface area contributed by atoms with Gasteiger partial charge >= 0.3 is 0 Å². The minimum Gasteiger partial charge on any atom is -0.0622 e. The fraction of sp³-hybridized carbons (Fsp3) is 0. The maximum atomic E-state index is 2.42. The van der Waals surface area contributed by atoms with E-state index in [0.29, 0.717) is 0 Å². The maximum absolute atomic E-state index is 2.42. The van der Waals surface area contributed by atoms with Crippen LogP contribution in [0.25, 0.3) is 98.4 Å². The Bertz CT molecular complexity index is 2310. The highest BCUT2D eigenvalue weighted by Gasteiger charge is 2.20. The van der Waals surface area contributed by atoms with Crippen molar-refractivity contribution in [2.24, 2.45) is 0 Å². The quantitative estimate of drug-likeness (QED) is 0.194. The Labute approximate surface area is 267 Å². The van der Waals surface area contributed by atoms with Crippen LogP contribution in [0.2, 0.25) is 0 Å². The first-order valence-electron chi connectivity index (χ1n) is 16.0. The summed E-state index contributed by atoms with van der Waals surface area (Å²) < 4.78 is 0. The van der Waals surface area contributed by atoms with Gasteiger partial charge in [-0.3, -0.25) is 0 Å². The van der Waals surface area contributed by atoms with Crippen molar-refractivity contribution in [3.05, 3.63) is 170 Å². The van der Waals surface area contributed by atoms with Crippen LogP contribution in [0.5, 0.6) is 0 Å². The molecule has 0 saturated carbocycles. The highest BCUT2D eigenvalue weighted by molar-refractivity contribution is 6.33. The molecule has 0 fully saturated rings. The lowest BCUT2D eigenvalue weighted by Gasteiger charge is -2.21. The Balaban J connectivity index is 1.19. The molecule has 46 heavy (non-hydrogen) atoms. The van der Waals surface area contributed by atoms with Crippen molar-refractivity contribution < 1.29 is 0 Å². The molecular formula is C46H28. The predicted octanol–water partition coefficient (Wildman–Crippen LogP) is 13.0. The third-order valence-electron chi connectivity index (χ3n) is 9.93. The minimum atomic E-state index is 1.25. The van der Waals surface area contributed by atoms with Crippen LogP contribution in [0.1, 0.15) is 0 Å². The average molecular weight is 581 g/mol. The molecular weight excluding hydrogens is 553 g/mol. The molecule has 0 saturated heterocycles. The lowest BCUT2D eigenvalue weighted by Crippen LogP contribution is -1.93. The standard InChI is InChI=1S/C46H28/c1-5-13-29(14-6-1)35-25-43-39-21-33-23-41-42(24-34(33)22-40(39)44(43)26-36(35)30-15-7-2-8-16-30)46-28-38(32-19-11-4-12-20-32)37(27-45(41)46)31-17-9-3-10-18-31/h1-28H. The summed E-state index contributed by atoms with van der Waals surface area (Å²) in [7, 11) is 0. The van der Waals surface area contributed by atoms with Gasteiger partial charge in [0.1, 0.15) is 0 Å². The Morgan fingerprint density at radius 3 is 0.609 bits per heavy atom. The third kappa shape index (κ3) is 3.74. The SMILES string of the molecule is c1ccc(-c2cc3c(cc2-c2ccccc2)c2cc4cc5c6cc(-c7ccccc7)c(-c7ccccc7)cc6c5cc4cc32)cc1. The summed E-state index contributed by atoms with van der Waals surface area (Å²) in [5, 5.41) is 13.4. The van der Waals surface area contributed by atoms with E-state index in [1.165, 1.54) is 98.4 Å². The number of hydrogen-bond donors (Lipinski definition) is 0. The van der Waals surface area contributed by atoms with Crippen LogP contribution in [-0.2, 0) is 0 Å². The van der Waals surface area contributed by atoms with Crippen LogP contribution in [0.3, 0.4) is 0 Å². The first-order chi connectivity index (χ1) is 22.8. The summed E-state index contributed by atoms with van der Waals surface area (Å²) in [4.78, 5) is 0. The molecule has 10 aromatic rings. The Kier molecular flexibility index (Phi) is 5.38. The van der Waals surface area contributed by atoms with Crippen LogP contribution in [0.4, 0.5) is 0 Å². The van der Waals surface area contributed by atoms with E-state index in [0.717, 1.165) is 0 Å². The first kappa shape index (κ1) is 25.4. The van der Waals surface area contributed by atoms with Crippen LogP contribution < -0.4 is 0 Å². The third-order valence-corrected chi connectivity index (χ3v) is 9.93. The lowest BCUT2D eigenvalue weighted by molar-refractivity contribution is 1.61. The second kappa shape index (κ2) is 9.76. The van der Waals surface area contributed by atoms with Gasteiger partial charge in [-0.1, -0.05) is 121 Å². The zero-order valence-electron chi connectivity index (χ0n) is 25.2. The molecule has 0 aromatic heterocycles. The van der Waals surface area contributed by atoms with Gasteiger partial charge in [0.15, 0.2) is 0 Å². The van der Waals surface area contributed by atoms with E-state index in [1.54, 1.807) is 0 Å². The highest BCUT2D eigenvalue weighted by atomic mass is 14.2. The van der Waals surface area contributed by atoms with E-state index in [1.807, 2.05) is 0 Å². The molecule has 0 N–H and O–H groups in total. The molecule has 10 aromatic carbocycles. The fourth-order valence-electron chi connectivity index (χ4n) is 7.63. The minimum absolute atomic E-state index is 1.25. The smallest absolute Gasteiger partial charge is 0.00921 e.